The molecule has 0 saturated heterocycles. The molecule has 3 N–H and O–H groups in total. The summed E-state index contributed by atoms with van der Waals surface area (Å²) in [5.74, 6) is 6.64. The predicted molar refractivity (Wildman–Crippen MR) is 83.7 cm³/mol. The molecular weight excluding hydrogens is 324 g/mol. The maximum Gasteiger partial charge on any atom is 0.127 e. The normalized spacial score (nSPS) is 12.5. The first-order valence-corrected chi connectivity index (χ1v) is 7.60. The Morgan fingerprint density at radius 1 is 1.37 bits per heavy atom. The second kappa shape index (κ2) is 6.05. The number of hydrogen-bond acceptors (Lipinski definition) is 4. The molecule has 19 heavy (non-hydrogen) atoms. The lowest BCUT2D eigenvalue weighted by Gasteiger charge is -2.20. The molecule has 1 aromatic heterocycles. The summed E-state index contributed by atoms with van der Waals surface area (Å²) < 4.78 is 6.63. The standard InChI is InChI=1S/C14H17BrN2OS/c1-8-4-5-11(14(18-3)9(8)2)13(17-16)12-6-10(15)7-19-12/h4-7,13,17H,16H2,1-3H3. The van der Waals surface area contributed by atoms with Crippen molar-refractivity contribution in [2.45, 2.75) is 19.9 Å². The van der Waals surface area contributed by atoms with E-state index in [1.54, 1.807) is 18.4 Å². The highest BCUT2D eigenvalue weighted by molar-refractivity contribution is 9.10. The summed E-state index contributed by atoms with van der Waals surface area (Å²) in [6.07, 6.45) is 0. The minimum atomic E-state index is -0.0643. The Morgan fingerprint density at radius 2 is 2.11 bits per heavy atom. The molecule has 2 aromatic rings. The van der Waals surface area contributed by atoms with Crippen LogP contribution in [0.5, 0.6) is 5.75 Å². The fourth-order valence-corrected chi connectivity index (χ4v) is 3.64. The SMILES string of the molecule is COc1c(C(NN)c2cc(Br)cs2)ccc(C)c1C. The second-order valence-electron chi connectivity index (χ2n) is 4.40. The highest BCUT2D eigenvalue weighted by Gasteiger charge is 2.20. The summed E-state index contributed by atoms with van der Waals surface area (Å²) in [6.45, 7) is 4.14. The molecule has 102 valence electrons. The first kappa shape index (κ1) is 14.5. The highest BCUT2D eigenvalue weighted by atomic mass is 79.9. The van der Waals surface area contributed by atoms with Crippen LogP contribution in [-0.4, -0.2) is 7.11 Å². The molecule has 1 unspecified atom stereocenters. The zero-order valence-corrected chi connectivity index (χ0v) is 13.6. The van der Waals surface area contributed by atoms with Gasteiger partial charge in [-0.2, -0.15) is 0 Å². The molecule has 0 aliphatic carbocycles. The number of nitrogens with one attached hydrogen (secondary N) is 1. The Hall–Kier alpha value is -0.880. The van der Waals surface area contributed by atoms with Crippen LogP contribution in [0.15, 0.2) is 28.1 Å². The average Bonchev–Trinajstić information content (AvgIpc) is 2.81. The van der Waals surface area contributed by atoms with Gasteiger partial charge >= 0.3 is 0 Å². The lowest BCUT2D eigenvalue weighted by Crippen LogP contribution is -2.28. The maximum atomic E-state index is 5.74. The van der Waals surface area contributed by atoms with E-state index in [0.29, 0.717) is 0 Å². The number of thiophene rings is 1. The molecule has 0 radical (unpaired) electrons. The van der Waals surface area contributed by atoms with Crippen molar-refractivity contribution in [3.05, 3.63) is 49.6 Å². The van der Waals surface area contributed by atoms with Crippen LogP contribution in [-0.2, 0) is 0 Å². The van der Waals surface area contributed by atoms with Gasteiger partial charge < -0.3 is 4.74 Å². The molecular formula is C14H17BrN2OS. The molecule has 0 spiro atoms. The van der Waals surface area contributed by atoms with Crippen molar-refractivity contribution in [1.29, 1.82) is 0 Å². The first-order chi connectivity index (χ1) is 9.08. The summed E-state index contributed by atoms with van der Waals surface area (Å²) >= 11 is 5.14. The van der Waals surface area contributed by atoms with Crippen molar-refractivity contribution in [3.8, 4) is 5.75 Å². The van der Waals surface area contributed by atoms with E-state index < -0.39 is 0 Å². The molecule has 1 atom stereocenters. The molecule has 0 saturated carbocycles. The van der Waals surface area contributed by atoms with Gasteiger partial charge in [0.25, 0.3) is 0 Å². The van der Waals surface area contributed by atoms with Crippen molar-refractivity contribution < 1.29 is 4.74 Å². The third kappa shape index (κ3) is 2.84. The largest absolute Gasteiger partial charge is 0.496 e. The van der Waals surface area contributed by atoms with Crippen LogP contribution in [0.4, 0.5) is 0 Å². The van der Waals surface area contributed by atoms with Gasteiger partial charge in [-0.3, -0.25) is 5.84 Å². The maximum absolute atomic E-state index is 5.74. The second-order valence-corrected chi connectivity index (χ2v) is 6.26. The van der Waals surface area contributed by atoms with Gasteiger partial charge in [-0.15, -0.1) is 11.3 Å². The van der Waals surface area contributed by atoms with Crippen molar-refractivity contribution in [1.82, 2.24) is 5.43 Å². The average molecular weight is 341 g/mol. The molecule has 3 nitrogen and oxygen atoms in total. The van der Waals surface area contributed by atoms with Crippen molar-refractivity contribution >= 4 is 27.3 Å². The number of rotatable bonds is 4. The number of nitrogens with two attached hydrogens (primary N) is 1. The molecule has 1 heterocycles. The Morgan fingerprint density at radius 3 is 2.63 bits per heavy atom. The zero-order chi connectivity index (χ0) is 14.0. The van der Waals surface area contributed by atoms with E-state index >= 15 is 0 Å². The topological polar surface area (TPSA) is 47.3 Å². The van der Waals surface area contributed by atoms with E-state index in [1.807, 2.05) is 5.38 Å². The zero-order valence-electron chi connectivity index (χ0n) is 11.2. The minimum Gasteiger partial charge on any atom is -0.496 e. The van der Waals surface area contributed by atoms with Crippen LogP contribution in [0.3, 0.4) is 0 Å². The van der Waals surface area contributed by atoms with Crippen LogP contribution in [0.1, 0.15) is 27.6 Å². The molecule has 2 rings (SSSR count). The van der Waals surface area contributed by atoms with Crippen LogP contribution in [0.25, 0.3) is 0 Å². The van der Waals surface area contributed by atoms with E-state index in [2.05, 4.69) is 53.4 Å². The monoisotopic (exact) mass is 340 g/mol. The van der Waals surface area contributed by atoms with Gasteiger partial charge in [0.05, 0.1) is 13.2 Å². The van der Waals surface area contributed by atoms with Gasteiger partial charge in [0, 0.05) is 20.3 Å². The highest BCUT2D eigenvalue weighted by Crippen LogP contribution is 2.36. The van der Waals surface area contributed by atoms with Crippen LogP contribution < -0.4 is 16.0 Å². The fraction of sp³-hybridized carbons (Fsp3) is 0.286. The van der Waals surface area contributed by atoms with E-state index in [-0.39, 0.29) is 6.04 Å². The fourth-order valence-electron chi connectivity index (χ4n) is 2.11. The molecule has 0 fully saturated rings. The molecule has 5 heteroatoms. The Kier molecular flexibility index (Phi) is 4.62. The van der Waals surface area contributed by atoms with Gasteiger partial charge in [0.15, 0.2) is 0 Å². The lowest BCUT2D eigenvalue weighted by molar-refractivity contribution is 0.401. The van der Waals surface area contributed by atoms with Crippen LogP contribution >= 0.6 is 27.3 Å². The molecule has 0 aliphatic heterocycles. The Bertz CT molecular complexity index is 583. The van der Waals surface area contributed by atoms with E-state index in [1.165, 1.54) is 5.56 Å². The molecule has 1 aromatic carbocycles. The van der Waals surface area contributed by atoms with E-state index in [0.717, 1.165) is 26.2 Å². The molecule has 0 bridgehead atoms. The van der Waals surface area contributed by atoms with Gasteiger partial charge in [0.1, 0.15) is 5.75 Å². The summed E-state index contributed by atoms with van der Waals surface area (Å²) in [5.41, 5.74) is 6.30. The number of halogens is 1. The third-order valence-corrected chi connectivity index (χ3v) is 5.02. The number of hydrogen-bond donors (Lipinski definition) is 2. The minimum absolute atomic E-state index is 0.0643. The summed E-state index contributed by atoms with van der Waals surface area (Å²) in [6, 6.07) is 6.18. The summed E-state index contributed by atoms with van der Waals surface area (Å²) in [4.78, 5) is 1.15. The van der Waals surface area contributed by atoms with E-state index in [9.17, 15) is 0 Å². The summed E-state index contributed by atoms with van der Waals surface area (Å²) in [7, 11) is 1.70. The predicted octanol–water partition coefficient (Wildman–Crippen LogP) is 3.69. The summed E-state index contributed by atoms with van der Waals surface area (Å²) in [5, 5.41) is 2.05. The number of benzene rings is 1. The van der Waals surface area contributed by atoms with E-state index in [4.69, 9.17) is 10.6 Å². The van der Waals surface area contributed by atoms with Crippen LogP contribution in [0, 0.1) is 13.8 Å². The lowest BCUT2D eigenvalue weighted by atomic mass is 9.98. The van der Waals surface area contributed by atoms with Gasteiger partial charge in [-0.05, 0) is 47.0 Å². The number of methoxy groups -OCH3 is 1. The third-order valence-electron chi connectivity index (χ3n) is 3.26. The van der Waals surface area contributed by atoms with Gasteiger partial charge in [-0.25, -0.2) is 5.43 Å². The number of aryl methyl sites for hydroxylation is 1. The Balaban J connectivity index is 2.52. The number of hydrazine groups is 1. The number of ether oxygens (including phenoxy) is 1. The van der Waals surface area contributed by atoms with Crippen LogP contribution in [0.2, 0.25) is 0 Å². The van der Waals surface area contributed by atoms with Gasteiger partial charge in [0.2, 0.25) is 0 Å². The van der Waals surface area contributed by atoms with Gasteiger partial charge in [-0.1, -0.05) is 12.1 Å². The smallest absolute Gasteiger partial charge is 0.127 e. The first-order valence-electron chi connectivity index (χ1n) is 5.92. The van der Waals surface area contributed by atoms with Crippen molar-refractivity contribution in [2.75, 3.05) is 7.11 Å². The Labute approximate surface area is 125 Å². The quantitative estimate of drug-likeness (QED) is 0.659. The van der Waals surface area contributed by atoms with Crippen molar-refractivity contribution in [3.63, 3.8) is 0 Å². The van der Waals surface area contributed by atoms with Crippen molar-refractivity contribution in [2.24, 2.45) is 5.84 Å². The molecule has 0 amide bonds. The molecule has 0 aliphatic rings.